The van der Waals surface area contributed by atoms with Gasteiger partial charge in [-0.15, -0.1) is 0 Å². The van der Waals surface area contributed by atoms with E-state index in [9.17, 15) is 14.7 Å². The molecule has 25 heavy (non-hydrogen) atoms. The van der Waals surface area contributed by atoms with E-state index in [1.54, 1.807) is 0 Å². The van der Waals surface area contributed by atoms with Crippen LogP contribution in [-0.4, -0.2) is 27.9 Å². The maximum Gasteiger partial charge on any atom is 0.312 e. The molecule has 1 saturated heterocycles. The van der Waals surface area contributed by atoms with Gasteiger partial charge in [0.15, 0.2) is 0 Å². The number of carboxylic acids is 1. The monoisotopic (exact) mass is 341 g/mol. The van der Waals surface area contributed by atoms with Gasteiger partial charge in [-0.3, -0.25) is 9.59 Å². The molecule has 1 heterocycles. The van der Waals surface area contributed by atoms with Crippen molar-refractivity contribution in [2.75, 3.05) is 0 Å². The molecule has 3 fully saturated rings. The second-order valence-corrected chi connectivity index (χ2v) is 7.99. The molecule has 4 nitrogen and oxygen atoms in total. The van der Waals surface area contributed by atoms with E-state index >= 15 is 0 Å². The molecule has 4 rings (SSSR count). The van der Waals surface area contributed by atoms with Crippen LogP contribution in [0.2, 0.25) is 0 Å². The average molecular weight is 341 g/mol. The SMILES string of the molecule is O=C1[C@H]2CCCCC2(C(=O)O)[C@H](c2ccccc2)N1C1CCCCC1. The van der Waals surface area contributed by atoms with Crippen molar-refractivity contribution in [3.05, 3.63) is 35.9 Å². The van der Waals surface area contributed by atoms with Crippen LogP contribution in [0.4, 0.5) is 0 Å². The summed E-state index contributed by atoms with van der Waals surface area (Å²) in [5, 5.41) is 10.3. The number of hydrogen-bond acceptors (Lipinski definition) is 2. The molecular weight excluding hydrogens is 314 g/mol. The summed E-state index contributed by atoms with van der Waals surface area (Å²) in [7, 11) is 0. The Morgan fingerprint density at radius 2 is 1.68 bits per heavy atom. The van der Waals surface area contributed by atoms with Gasteiger partial charge in [-0.25, -0.2) is 0 Å². The normalized spacial score (nSPS) is 33.3. The summed E-state index contributed by atoms with van der Waals surface area (Å²) in [6.07, 6.45) is 8.72. The van der Waals surface area contributed by atoms with E-state index in [0.717, 1.165) is 50.5 Å². The minimum Gasteiger partial charge on any atom is -0.481 e. The van der Waals surface area contributed by atoms with Gasteiger partial charge in [0.2, 0.25) is 5.91 Å². The summed E-state index contributed by atoms with van der Waals surface area (Å²) in [4.78, 5) is 27.9. The maximum atomic E-state index is 13.4. The van der Waals surface area contributed by atoms with Crippen LogP contribution in [0.15, 0.2) is 30.3 Å². The van der Waals surface area contributed by atoms with Crippen LogP contribution in [0.3, 0.4) is 0 Å². The van der Waals surface area contributed by atoms with Gasteiger partial charge in [-0.1, -0.05) is 62.4 Å². The molecule has 0 bridgehead atoms. The van der Waals surface area contributed by atoms with Crippen molar-refractivity contribution in [1.82, 2.24) is 4.90 Å². The zero-order valence-corrected chi connectivity index (χ0v) is 14.7. The van der Waals surface area contributed by atoms with E-state index in [1.807, 2.05) is 35.2 Å². The van der Waals surface area contributed by atoms with Crippen LogP contribution >= 0.6 is 0 Å². The van der Waals surface area contributed by atoms with Gasteiger partial charge in [0.1, 0.15) is 5.41 Å². The van der Waals surface area contributed by atoms with Gasteiger partial charge < -0.3 is 10.0 Å². The fourth-order valence-electron chi connectivity index (χ4n) is 5.64. The summed E-state index contributed by atoms with van der Waals surface area (Å²) in [6.45, 7) is 0. The molecule has 3 aliphatic rings. The molecule has 2 aliphatic carbocycles. The quantitative estimate of drug-likeness (QED) is 0.898. The lowest BCUT2D eigenvalue weighted by atomic mass is 9.63. The van der Waals surface area contributed by atoms with Crippen LogP contribution in [0.25, 0.3) is 0 Å². The molecule has 0 radical (unpaired) electrons. The smallest absolute Gasteiger partial charge is 0.312 e. The topological polar surface area (TPSA) is 57.6 Å². The molecule has 134 valence electrons. The first-order valence-electron chi connectivity index (χ1n) is 9.77. The Labute approximate surface area is 149 Å². The van der Waals surface area contributed by atoms with E-state index < -0.39 is 11.4 Å². The van der Waals surface area contributed by atoms with Crippen molar-refractivity contribution in [3.8, 4) is 0 Å². The number of aliphatic carboxylic acids is 1. The highest BCUT2D eigenvalue weighted by Crippen LogP contribution is 2.59. The average Bonchev–Trinajstić information content (AvgIpc) is 2.94. The van der Waals surface area contributed by atoms with Crippen molar-refractivity contribution >= 4 is 11.9 Å². The molecule has 1 N–H and O–H groups in total. The number of nitrogens with zero attached hydrogens (tertiary/aromatic N) is 1. The van der Waals surface area contributed by atoms with Crippen LogP contribution in [-0.2, 0) is 9.59 Å². The summed E-state index contributed by atoms with van der Waals surface area (Å²) >= 11 is 0. The number of benzene rings is 1. The summed E-state index contributed by atoms with van der Waals surface area (Å²) in [6, 6.07) is 9.79. The predicted molar refractivity (Wildman–Crippen MR) is 94.9 cm³/mol. The zero-order valence-electron chi connectivity index (χ0n) is 14.7. The largest absolute Gasteiger partial charge is 0.481 e. The summed E-state index contributed by atoms with van der Waals surface area (Å²) < 4.78 is 0. The summed E-state index contributed by atoms with van der Waals surface area (Å²) in [5.74, 6) is -1.04. The van der Waals surface area contributed by atoms with Gasteiger partial charge in [-0.05, 0) is 31.2 Å². The number of rotatable bonds is 3. The van der Waals surface area contributed by atoms with Crippen LogP contribution in [0, 0.1) is 11.3 Å². The highest BCUT2D eigenvalue weighted by molar-refractivity contribution is 5.93. The third-order valence-electron chi connectivity index (χ3n) is 6.76. The minimum absolute atomic E-state index is 0.0999. The highest BCUT2D eigenvalue weighted by Gasteiger charge is 2.65. The Hall–Kier alpha value is -1.84. The molecule has 1 unspecified atom stereocenters. The van der Waals surface area contributed by atoms with E-state index in [2.05, 4.69) is 0 Å². The van der Waals surface area contributed by atoms with Crippen LogP contribution < -0.4 is 0 Å². The third kappa shape index (κ3) is 2.49. The molecule has 1 amide bonds. The molecule has 2 saturated carbocycles. The van der Waals surface area contributed by atoms with Crippen molar-refractivity contribution in [3.63, 3.8) is 0 Å². The maximum absolute atomic E-state index is 13.4. The first kappa shape index (κ1) is 16.6. The Balaban J connectivity index is 1.84. The molecule has 1 aliphatic heterocycles. The summed E-state index contributed by atoms with van der Waals surface area (Å²) in [5.41, 5.74) is 0.0435. The molecule has 4 heteroatoms. The number of amides is 1. The van der Waals surface area contributed by atoms with E-state index in [-0.39, 0.29) is 23.9 Å². The second kappa shape index (κ2) is 6.47. The Morgan fingerprint density at radius 1 is 1.00 bits per heavy atom. The first-order valence-corrected chi connectivity index (χ1v) is 9.77. The van der Waals surface area contributed by atoms with Gasteiger partial charge in [-0.2, -0.15) is 0 Å². The minimum atomic E-state index is -0.950. The standard InChI is InChI=1S/C21H27NO3/c23-19-17-13-7-8-14-21(17,20(24)25)18(15-9-3-1-4-10-15)22(19)16-11-5-2-6-12-16/h1,3-4,9-10,16-18H,2,5-8,11-14H2,(H,24,25)/t17-,18+,21?/m1/s1. The third-order valence-corrected chi connectivity index (χ3v) is 6.76. The van der Waals surface area contributed by atoms with E-state index in [1.165, 1.54) is 6.42 Å². The predicted octanol–water partition coefficient (Wildman–Crippen LogP) is 4.16. The zero-order chi connectivity index (χ0) is 17.4. The highest BCUT2D eigenvalue weighted by atomic mass is 16.4. The van der Waals surface area contributed by atoms with Crippen molar-refractivity contribution in [1.29, 1.82) is 0 Å². The Morgan fingerprint density at radius 3 is 2.36 bits per heavy atom. The first-order chi connectivity index (χ1) is 12.2. The number of hydrogen-bond donors (Lipinski definition) is 1. The van der Waals surface area contributed by atoms with Crippen molar-refractivity contribution in [2.24, 2.45) is 11.3 Å². The van der Waals surface area contributed by atoms with Crippen molar-refractivity contribution < 1.29 is 14.7 Å². The molecule has 0 spiro atoms. The van der Waals surface area contributed by atoms with Gasteiger partial charge in [0.05, 0.1) is 12.0 Å². The fraction of sp³-hybridized carbons (Fsp3) is 0.619. The number of fused-ring (bicyclic) bond motifs is 1. The second-order valence-electron chi connectivity index (χ2n) is 7.99. The fourth-order valence-corrected chi connectivity index (χ4v) is 5.64. The lowest BCUT2D eigenvalue weighted by Crippen LogP contribution is -2.45. The van der Waals surface area contributed by atoms with Gasteiger partial charge in [0.25, 0.3) is 0 Å². The molecule has 1 aromatic rings. The lowest BCUT2D eigenvalue weighted by molar-refractivity contribution is -0.156. The number of carbonyl (C=O) groups is 2. The lowest BCUT2D eigenvalue weighted by Gasteiger charge is -2.42. The van der Waals surface area contributed by atoms with E-state index in [4.69, 9.17) is 0 Å². The Bertz CT molecular complexity index is 652. The van der Waals surface area contributed by atoms with E-state index in [0.29, 0.717) is 6.42 Å². The number of likely N-dealkylation sites (tertiary alicyclic amines) is 1. The van der Waals surface area contributed by atoms with Crippen LogP contribution in [0.1, 0.15) is 69.4 Å². The van der Waals surface area contributed by atoms with Gasteiger partial charge in [0, 0.05) is 6.04 Å². The number of carbonyl (C=O) groups excluding carboxylic acids is 1. The molecular formula is C21H27NO3. The van der Waals surface area contributed by atoms with Gasteiger partial charge >= 0.3 is 5.97 Å². The number of carboxylic acid groups (broad SMARTS) is 1. The van der Waals surface area contributed by atoms with Crippen LogP contribution in [0.5, 0.6) is 0 Å². The molecule has 1 aromatic carbocycles. The van der Waals surface area contributed by atoms with Crippen molar-refractivity contribution in [2.45, 2.75) is 69.9 Å². The molecule has 0 aromatic heterocycles. The molecule has 3 atom stereocenters. The Kier molecular flexibility index (Phi) is 4.30.